The van der Waals surface area contributed by atoms with Gasteiger partial charge in [-0.15, -0.1) is 0 Å². The number of alkyl halides is 3. The smallest absolute Gasteiger partial charge is 0.396 e. The van der Waals surface area contributed by atoms with Crippen LogP contribution in [0.3, 0.4) is 0 Å². The molecule has 0 aromatic heterocycles. The highest BCUT2D eigenvalue weighted by atomic mass is 19.4. The summed E-state index contributed by atoms with van der Waals surface area (Å²) in [6.07, 6.45) is -4.16. The third-order valence-corrected chi connectivity index (χ3v) is 3.37. The minimum absolute atomic E-state index is 0.0956. The zero-order valence-electron chi connectivity index (χ0n) is 11.0. The molecule has 0 saturated carbocycles. The van der Waals surface area contributed by atoms with E-state index < -0.39 is 18.5 Å². The van der Waals surface area contributed by atoms with Gasteiger partial charge in [-0.1, -0.05) is 12.1 Å². The zero-order valence-corrected chi connectivity index (χ0v) is 11.0. The molecule has 0 atom stereocenters. The minimum Gasteiger partial charge on any atom is -0.396 e. The van der Waals surface area contributed by atoms with Crippen LogP contribution in [0.25, 0.3) is 0 Å². The Morgan fingerprint density at radius 3 is 2.25 bits per heavy atom. The normalized spacial score (nSPS) is 18.4. The first-order valence-corrected chi connectivity index (χ1v) is 6.39. The fourth-order valence-electron chi connectivity index (χ4n) is 2.32. The highest BCUT2D eigenvalue weighted by Crippen LogP contribution is 2.20. The van der Waals surface area contributed by atoms with Gasteiger partial charge in [-0.2, -0.15) is 13.2 Å². The second-order valence-electron chi connectivity index (χ2n) is 4.99. The standard InChI is InChI=1S/C13H17F4N3/c14-12-10(2-1-3-11(12)18)8-19-4-6-20(7-5-19)9-13(15,16)17/h1-3H,4-9,18H2. The number of hydrogen-bond donors (Lipinski definition) is 1. The first-order valence-electron chi connectivity index (χ1n) is 6.39. The van der Waals surface area contributed by atoms with Gasteiger partial charge in [0.05, 0.1) is 12.2 Å². The maximum atomic E-state index is 13.7. The van der Waals surface area contributed by atoms with E-state index in [0.29, 0.717) is 38.3 Å². The maximum Gasteiger partial charge on any atom is 0.401 e. The molecule has 0 amide bonds. The topological polar surface area (TPSA) is 32.5 Å². The number of piperazine rings is 1. The molecule has 0 bridgehead atoms. The number of hydrogen-bond acceptors (Lipinski definition) is 3. The summed E-state index contributed by atoms with van der Waals surface area (Å²) in [6.45, 7) is 1.14. The lowest BCUT2D eigenvalue weighted by atomic mass is 10.1. The predicted molar refractivity (Wildman–Crippen MR) is 68.6 cm³/mol. The van der Waals surface area contributed by atoms with E-state index in [9.17, 15) is 17.6 Å². The summed E-state index contributed by atoms with van der Waals surface area (Å²) >= 11 is 0. The molecule has 1 aromatic rings. The Morgan fingerprint density at radius 1 is 1.05 bits per heavy atom. The molecule has 7 heteroatoms. The van der Waals surface area contributed by atoms with E-state index in [4.69, 9.17) is 5.73 Å². The van der Waals surface area contributed by atoms with Crippen LogP contribution >= 0.6 is 0 Å². The number of benzene rings is 1. The summed E-state index contributed by atoms with van der Waals surface area (Å²) in [5.74, 6) is -0.440. The van der Waals surface area contributed by atoms with Crippen molar-refractivity contribution in [3.8, 4) is 0 Å². The van der Waals surface area contributed by atoms with Gasteiger partial charge < -0.3 is 5.73 Å². The van der Waals surface area contributed by atoms with E-state index in [0.717, 1.165) is 0 Å². The van der Waals surface area contributed by atoms with Crippen molar-refractivity contribution in [3.63, 3.8) is 0 Å². The van der Waals surface area contributed by atoms with Crippen molar-refractivity contribution in [1.82, 2.24) is 9.80 Å². The SMILES string of the molecule is Nc1cccc(CN2CCN(CC(F)(F)F)CC2)c1F. The largest absolute Gasteiger partial charge is 0.401 e. The van der Waals surface area contributed by atoms with Crippen LogP contribution in [0.5, 0.6) is 0 Å². The van der Waals surface area contributed by atoms with Gasteiger partial charge in [0.25, 0.3) is 0 Å². The molecule has 1 fully saturated rings. The summed E-state index contributed by atoms with van der Waals surface area (Å²) in [5, 5.41) is 0. The van der Waals surface area contributed by atoms with Crippen LogP contribution in [0.2, 0.25) is 0 Å². The van der Waals surface area contributed by atoms with Crippen molar-refractivity contribution in [2.24, 2.45) is 0 Å². The number of nitrogens with two attached hydrogens (primary N) is 1. The molecule has 3 nitrogen and oxygen atoms in total. The van der Waals surface area contributed by atoms with E-state index in [-0.39, 0.29) is 5.69 Å². The molecule has 2 N–H and O–H groups in total. The van der Waals surface area contributed by atoms with E-state index in [1.807, 2.05) is 4.90 Å². The molecule has 1 aliphatic heterocycles. The minimum atomic E-state index is -4.16. The Bertz CT molecular complexity index is 453. The highest BCUT2D eigenvalue weighted by Gasteiger charge is 2.32. The maximum absolute atomic E-state index is 13.7. The lowest BCUT2D eigenvalue weighted by molar-refractivity contribution is -0.149. The van der Waals surface area contributed by atoms with Gasteiger partial charge in [-0.3, -0.25) is 9.80 Å². The van der Waals surface area contributed by atoms with E-state index >= 15 is 0 Å². The Balaban J connectivity index is 1.87. The van der Waals surface area contributed by atoms with Crippen LogP contribution < -0.4 is 5.73 Å². The molecule has 1 aliphatic rings. The molecule has 0 spiro atoms. The summed E-state index contributed by atoms with van der Waals surface area (Å²) in [7, 11) is 0. The van der Waals surface area contributed by atoms with Crippen molar-refractivity contribution in [2.75, 3.05) is 38.5 Å². The van der Waals surface area contributed by atoms with Crippen LogP contribution in [-0.4, -0.2) is 48.7 Å². The van der Waals surface area contributed by atoms with E-state index in [2.05, 4.69) is 0 Å². The van der Waals surface area contributed by atoms with Crippen LogP contribution in [-0.2, 0) is 6.54 Å². The van der Waals surface area contributed by atoms with Gasteiger partial charge in [0.1, 0.15) is 0 Å². The molecule has 2 rings (SSSR count). The monoisotopic (exact) mass is 291 g/mol. The Morgan fingerprint density at radius 2 is 1.65 bits per heavy atom. The van der Waals surface area contributed by atoms with Crippen molar-refractivity contribution in [1.29, 1.82) is 0 Å². The van der Waals surface area contributed by atoms with E-state index in [1.54, 1.807) is 12.1 Å². The average molecular weight is 291 g/mol. The summed E-state index contributed by atoms with van der Waals surface area (Å²) in [6, 6.07) is 4.81. The first kappa shape index (κ1) is 15.1. The lowest BCUT2D eigenvalue weighted by Crippen LogP contribution is -2.48. The number of halogens is 4. The molecule has 112 valence electrons. The quantitative estimate of drug-likeness (QED) is 0.683. The number of nitrogen functional groups attached to an aromatic ring is 1. The van der Waals surface area contributed by atoms with Crippen LogP contribution in [0.4, 0.5) is 23.2 Å². The van der Waals surface area contributed by atoms with Gasteiger partial charge in [-0.05, 0) is 6.07 Å². The predicted octanol–water partition coefficient (Wildman–Crippen LogP) is 2.09. The zero-order chi connectivity index (χ0) is 14.8. The fourth-order valence-corrected chi connectivity index (χ4v) is 2.32. The molecular weight excluding hydrogens is 274 g/mol. The van der Waals surface area contributed by atoms with Crippen molar-refractivity contribution in [2.45, 2.75) is 12.7 Å². The average Bonchev–Trinajstić information content (AvgIpc) is 2.35. The highest BCUT2D eigenvalue weighted by molar-refractivity contribution is 5.42. The summed E-state index contributed by atoms with van der Waals surface area (Å²) in [4.78, 5) is 3.30. The molecule has 1 aromatic carbocycles. The Labute approximate surface area is 115 Å². The van der Waals surface area contributed by atoms with Gasteiger partial charge in [0.2, 0.25) is 0 Å². The first-order chi connectivity index (χ1) is 9.35. The third kappa shape index (κ3) is 4.08. The number of rotatable bonds is 3. The summed E-state index contributed by atoms with van der Waals surface area (Å²) in [5.41, 5.74) is 6.07. The van der Waals surface area contributed by atoms with Crippen LogP contribution in [0, 0.1) is 5.82 Å². The second-order valence-corrected chi connectivity index (χ2v) is 4.99. The van der Waals surface area contributed by atoms with Gasteiger partial charge in [0, 0.05) is 38.3 Å². The van der Waals surface area contributed by atoms with Gasteiger partial charge in [0.15, 0.2) is 5.82 Å². The molecule has 0 aliphatic carbocycles. The Hall–Kier alpha value is -1.34. The number of nitrogens with zero attached hydrogens (tertiary/aromatic N) is 2. The van der Waals surface area contributed by atoms with Crippen molar-refractivity contribution >= 4 is 5.69 Å². The third-order valence-electron chi connectivity index (χ3n) is 3.37. The Kier molecular flexibility index (Phi) is 4.49. The van der Waals surface area contributed by atoms with Crippen LogP contribution in [0.1, 0.15) is 5.56 Å². The summed E-state index contributed by atoms with van der Waals surface area (Å²) < 4.78 is 50.5. The fraction of sp³-hybridized carbons (Fsp3) is 0.538. The lowest BCUT2D eigenvalue weighted by Gasteiger charge is -2.35. The van der Waals surface area contributed by atoms with Gasteiger partial charge in [-0.25, -0.2) is 4.39 Å². The molecule has 1 saturated heterocycles. The van der Waals surface area contributed by atoms with Crippen molar-refractivity contribution in [3.05, 3.63) is 29.6 Å². The van der Waals surface area contributed by atoms with Crippen molar-refractivity contribution < 1.29 is 17.6 Å². The van der Waals surface area contributed by atoms with Crippen LogP contribution in [0.15, 0.2) is 18.2 Å². The molecule has 1 heterocycles. The molecule has 0 radical (unpaired) electrons. The molecule has 20 heavy (non-hydrogen) atoms. The van der Waals surface area contributed by atoms with E-state index in [1.165, 1.54) is 11.0 Å². The van der Waals surface area contributed by atoms with Gasteiger partial charge >= 0.3 is 6.18 Å². The second kappa shape index (κ2) is 5.97. The molecule has 0 unspecified atom stereocenters. The molecular formula is C13H17F4N3. The number of anilines is 1.